The second-order valence-corrected chi connectivity index (χ2v) is 9.70. The Hall–Kier alpha value is -0.893. The van der Waals surface area contributed by atoms with Crippen molar-refractivity contribution in [2.75, 3.05) is 0 Å². The zero-order valence-corrected chi connectivity index (χ0v) is 10.4. The highest BCUT2D eigenvalue weighted by Crippen LogP contribution is 2.18. The summed E-state index contributed by atoms with van der Waals surface area (Å²) < 4.78 is 0. The predicted octanol–water partition coefficient (Wildman–Crippen LogP) is 2.37. The predicted molar refractivity (Wildman–Crippen MR) is 64.9 cm³/mol. The van der Waals surface area contributed by atoms with Crippen molar-refractivity contribution in [3.8, 4) is 0 Å². The van der Waals surface area contributed by atoms with Crippen LogP contribution in [0.2, 0.25) is 18.6 Å². The fourth-order valence-electron chi connectivity index (χ4n) is 1.37. The van der Waals surface area contributed by atoms with Crippen molar-refractivity contribution in [1.29, 1.82) is 0 Å². The first-order chi connectivity index (χ1) is 6.46. The van der Waals surface area contributed by atoms with Gasteiger partial charge in [-0.2, -0.15) is 0 Å². The summed E-state index contributed by atoms with van der Waals surface area (Å²) in [6, 6.07) is 9.36. The number of hydrogen-bond donors (Lipinski definition) is 0. The summed E-state index contributed by atoms with van der Waals surface area (Å²) in [4.78, 5) is 11.8. The molecule has 1 aromatic carbocycles. The van der Waals surface area contributed by atoms with E-state index in [1.54, 1.807) is 6.07 Å². The Morgan fingerprint density at radius 3 is 2.21 bits per heavy atom. The summed E-state index contributed by atoms with van der Waals surface area (Å²) in [5, 5.41) is 1.04. The maximum Gasteiger partial charge on any atom is 0.177 e. The van der Waals surface area contributed by atoms with E-state index in [1.165, 1.54) is 0 Å². The molecule has 0 bridgehead atoms. The van der Waals surface area contributed by atoms with Gasteiger partial charge in [-0.3, -0.25) is 4.79 Å². The van der Waals surface area contributed by atoms with Gasteiger partial charge in [0.05, 0.1) is 8.07 Å². The molecule has 0 aliphatic rings. The summed E-state index contributed by atoms with van der Waals surface area (Å²) in [5.41, 5.74) is 0.790. The molecule has 0 radical (unpaired) electrons. The van der Waals surface area contributed by atoms with Gasteiger partial charge in [0, 0.05) is 0 Å². The van der Waals surface area contributed by atoms with Gasteiger partial charge >= 0.3 is 0 Å². The molecule has 0 spiro atoms. The second kappa shape index (κ2) is 4.09. The van der Waals surface area contributed by atoms with E-state index in [2.05, 4.69) is 26.9 Å². The minimum atomic E-state index is -1.57. The first kappa shape index (κ1) is 11.2. The molecule has 0 aromatic heterocycles. The maximum atomic E-state index is 11.8. The van der Waals surface area contributed by atoms with Crippen LogP contribution in [0.25, 0.3) is 0 Å². The van der Waals surface area contributed by atoms with Gasteiger partial charge < -0.3 is 0 Å². The third-order valence-electron chi connectivity index (χ3n) is 3.14. The molecule has 0 aliphatic heterocycles. The Morgan fingerprint density at radius 1 is 1.07 bits per heavy atom. The first-order valence-corrected chi connectivity index (χ1v) is 8.14. The van der Waals surface area contributed by atoms with Gasteiger partial charge in [-0.05, 0) is 16.8 Å². The molecular weight excluding hydrogens is 188 g/mol. The lowest BCUT2D eigenvalue weighted by Crippen LogP contribution is -2.50. The minimum absolute atomic E-state index is 0.195. The van der Waals surface area contributed by atoms with Gasteiger partial charge in [0.1, 0.15) is 0 Å². The number of rotatable bonds is 2. The second-order valence-electron chi connectivity index (χ2n) is 4.56. The van der Waals surface area contributed by atoms with Crippen LogP contribution in [0.15, 0.2) is 35.1 Å². The lowest BCUT2D eigenvalue weighted by molar-refractivity contribution is 1.02. The van der Waals surface area contributed by atoms with Crippen LogP contribution in [-0.4, -0.2) is 8.07 Å². The lowest BCUT2D eigenvalue weighted by atomic mass is 10.5. The molecule has 76 valence electrons. The Morgan fingerprint density at radius 2 is 1.64 bits per heavy atom. The molecule has 0 unspecified atom stereocenters. The van der Waals surface area contributed by atoms with Crippen LogP contribution in [0, 0.1) is 0 Å². The van der Waals surface area contributed by atoms with Crippen LogP contribution in [0.5, 0.6) is 0 Å². The number of hydrogen-bond acceptors (Lipinski definition) is 1. The van der Waals surface area contributed by atoms with E-state index < -0.39 is 8.07 Å². The molecule has 0 N–H and O–H groups in total. The molecule has 0 fully saturated rings. The van der Waals surface area contributed by atoms with Crippen molar-refractivity contribution in [2.45, 2.75) is 32.5 Å². The maximum absolute atomic E-state index is 11.8. The van der Waals surface area contributed by atoms with Crippen LogP contribution >= 0.6 is 0 Å². The van der Waals surface area contributed by atoms with Crippen molar-refractivity contribution in [2.24, 2.45) is 0 Å². The monoisotopic (exact) mass is 206 g/mol. The highest BCUT2D eigenvalue weighted by Gasteiger charge is 2.28. The van der Waals surface area contributed by atoms with Crippen LogP contribution in [0.4, 0.5) is 0 Å². The highest BCUT2D eigenvalue weighted by atomic mass is 28.3. The molecule has 0 saturated heterocycles. The average molecular weight is 206 g/mol. The van der Waals surface area contributed by atoms with Crippen molar-refractivity contribution in [3.63, 3.8) is 0 Å². The van der Waals surface area contributed by atoms with E-state index in [0.29, 0.717) is 5.54 Å². The largest absolute Gasteiger partial charge is 0.290 e. The molecule has 14 heavy (non-hydrogen) atoms. The Kier molecular flexibility index (Phi) is 3.27. The first-order valence-electron chi connectivity index (χ1n) is 5.06. The Labute approximate surface area is 86.8 Å². The summed E-state index contributed by atoms with van der Waals surface area (Å²) >= 11 is 0. The normalized spacial score (nSPS) is 11.8. The summed E-state index contributed by atoms with van der Waals surface area (Å²) in [6.45, 7) is 8.93. The van der Waals surface area contributed by atoms with Gasteiger partial charge in [0.2, 0.25) is 0 Å². The molecule has 0 saturated carbocycles. The minimum Gasteiger partial charge on any atom is -0.290 e. The van der Waals surface area contributed by atoms with Crippen LogP contribution < -0.4 is 10.6 Å². The zero-order valence-electron chi connectivity index (χ0n) is 9.37. The molecule has 2 heteroatoms. The summed E-state index contributed by atoms with van der Waals surface area (Å²) in [5.74, 6) is 0. The quantitative estimate of drug-likeness (QED) is 0.679. The molecular formula is C12H18OSi. The smallest absolute Gasteiger partial charge is 0.177 e. The standard InChI is InChI=1S/C12H18OSi/c1-10(2)14(3,4)12-9-7-5-6-8-11(12)13/h5-10H,1-4H3. The topological polar surface area (TPSA) is 17.1 Å². The van der Waals surface area contributed by atoms with Gasteiger partial charge in [-0.25, -0.2) is 0 Å². The molecule has 0 amide bonds. The molecule has 1 aromatic rings. The molecule has 0 heterocycles. The fourth-order valence-corrected chi connectivity index (χ4v) is 3.24. The average Bonchev–Trinajstić information content (AvgIpc) is 2.29. The SMILES string of the molecule is CC(C)[Si](C)(C)c1cccccc1=O. The lowest BCUT2D eigenvalue weighted by Gasteiger charge is -2.25. The fraction of sp³-hybridized carbons (Fsp3) is 0.417. The highest BCUT2D eigenvalue weighted by molar-refractivity contribution is 6.90. The van der Waals surface area contributed by atoms with E-state index >= 15 is 0 Å². The van der Waals surface area contributed by atoms with Gasteiger partial charge in [0.15, 0.2) is 5.43 Å². The Balaban J connectivity index is 3.34. The van der Waals surface area contributed by atoms with Crippen molar-refractivity contribution in [1.82, 2.24) is 0 Å². The van der Waals surface area contributed by atoms with E-state index in [9.17, 15) is 4.79 Å². The summed E-state index contributed by atoms with van der Waals surface area (Å²) in [6.07, 6.45) is 0. The third kappa shape index (κ3) is 2.12. The van der Waals surface area contributed by atoms with E-state index in [4.69, 9.17) is 0 Å². The molecule has 0 aliphatic carbocycles. The third-order valence-corrected chi connectivity index (χ3v) is 7.82. The van der Waals surface area contributed by atoms with E-state index in [-0.39, 0.29) is 5.43 Å². The van der Waals surface area contributed by atoms with Crippen molar-refractivity contribution in [3.05, 3.63) is 40.6 Å². The van der Waals surface area contributed by atoms with Crippen LogP contribution in [0.1, 0.15) is 13.8 Å². The van der Waals surface area contributed by atoms with Gasteiger partial charge in [0.25, 0.3) is 0 Å². The summed E-state index contributed by atoms with van der Waals surface area (Å²) in [7, 11) is -1.57. The van der Waals surface area contributed by atoms with Crippen molar-refractivity contribution >= 4 is 13.3 Å². The molecule has 1 rings (SSSR count). The van der Waals surface area contributed by atoms with Crippen molar-refractivity contribution < 1.29 is 0 Å². The van der Waals surface area contributed by atoms with E-state index in [0.717, 1.165) is 5.19 Å². The van der Waals surface area contributed by atoms with E-state index in [1.807, 2.05) is 24.3 Å². The van der Waals surface area contributed by atoms with Crippen LogP contribution in [-0.2, 0) is 0 Å². The molecule has 1 nitrogen and oxygen atoms in total. The zero-order chi connectivity index (χ0) is 10.8. The molecule has 0 atom stereocenters. The van der Waals surface area contributed by atoms with Gasteiger partial charge in [-0.15, -0.1) is 0 Å². The Bertz CT molecular complexity index is 369. The van der Waals surface area contributed by atoms with Crippen LogP contribution in [0.3, 0.4) is 0 Å². The van der Waals surface area contributed by atoms with Gasteiger partial charge in [-0.1, -0.05) is 51.2 Å².